The van der Waals surface area contributed by atoms with Crippen LogP contribution in [0.3, 0.4) is 0 Å². The zero-order valence-corrected chi connectivity index (χ0v) is 16.4. The van der Waals surface area contributed by atoms with Crippen molar-refractivity contribution in [1.29, 1.82) is 0 Å². The van der Waals surface area contributed by atoms with E-state index in [1.54, 1.807) is 38.4 Å². The summed E-state index contributed by atoms with van der Waals surface area (Å²) in [4.78, 5) is 14.5. The van der Waals surface area contributed by atoms with E-state index in [9.17, 15) is 4.79 Å². The summed E-state index contributed by atoms with van der Waals surface area (Å²) in [5.41, 5.74) is 2.58. The Morgan fingerprint density at radius 1 is 1.04 bits per heavy atom. The molecule has 0 saturated heterocycles. The van der Waals surface area contributed by atoms with E-state index in [0.717, 1.165) is 17.7 Å². The van der Waals surface area contributed by atoms with Crippen LogP contribution in [0.5, 0.6) is 17.2 Å². The second-order valence-electron chi connectivity index (χ2n) is 6.11. The highest BCUT2D eigenvalue weighted by molar-refractivity contribution is 6.54. The second kappa shape index (κ2) is 8.56. The highest BCUT2D eigenvalue weighted by Gasteiger charge is 2.33. The zero-order chi connectivity index (χ0) is 20.1. The number of methoxy groups -OCH3 is 3. The summed E-state index contributed by atoms with van der Waals surface area (Å²) in [6.45, 7) is 2.67. The van der Waals surface area contributed by atoms with Crippen LogP contribution in [0, 0.1) is 0 Å². The lowest BCUT2D eigenvalue weighted by atomic mass is 10.1. The van der Waals surface area contributed by atoms with Gasteiger partial charge in [0, 0.05) is 24.2 Å². The number of rotatable bonds is 7. The maximum absolute atomic E-state index is 12.8. The number of amides is 1. The fourth-order valence-corrected chi connectivity index (χ4v) is 3.11. The predicted molar refractivity (Wildman–Crippen MR) is 109 cm³/mol. The molecule has 0 atom stereocenters. The van der Waals surface area contributed by atoms with Crippen molar-refractivity contribution in [1.82, 2.24) is 0 Å². The maximum Gasteiger partial charge on any atom is 0.279 e. The van der Waals surface area contributed by atoms with E-state index in [2.05, 4.69) is 10.2 Å². The number of carbonyl (C=O) groups excluding carboxylic acids is 1. The molecule has 0 aliphatic carbocycles. The Kier molecular flexibility index (Phi) is 5.93. The Balaban J connectivity index is 1.98. The van der Waals surface area contributed by atoms with Crippen LogP contribution < -0.4 is 19.1 Å². The van der Waals surface area contributed by atoms with Crippen LogP contribution in [0.15, 0.2) is 46.6 Å². The van der Waals surface area contributed by atoms with Gasteiger partial charge in [-0.05, 0) is 12.5 Å². The van der Waals surface area contributed by atoms with E-state index in [0.29, 0.717) is 35.1 Å². The molecule has 0 spiro atoms. The van der Waals surface area contributed by atoms with Crippen LogP contribution in [-0.2, 0) is 4.79 Å². The molecule has 1 heterocycles. The lowest BCUT2D eigenvalue weighted by Gasteiger charge is -2.14. The van der Waals surface area contributed by atoms with Crippen molar-refractivity contribution in [2.45, 2.75) is 13.3 Å². The highest BCUT2D eigenvalue weighted by atomic mass is 16.5. The molecule has 0 unspecified atom stereocenters. The van der Waals surface area contributed by atoms with Crippen molar-refractivity contribution in [2.24, 2.45) is 10.2 Å². The van der Waals surface area contributed by atoms with Gasteiger partial charge in [0.15, 0.2) is 5.71 Å². The van der Waals surface area contributed by atoms with Crippen molar-refractivity contribution in [2.75, 3.05) is 32.8 Å². The molecular formula is C21H23N3O4. The van der Waals surface area contributed by atoms with Gasteiger partial charge < -0.3 is 19.1 Å². The molecule has 7 heteroatoms. The molecule has 146 valence electrons. The summed E-state index contributed by atoms with van der Waals surface area (Å²) in [6, 6.07) is 11.1. The van der Waals surface area contributed by atoms with E-state index in [1.165, 1.54) is 6.21 Å². The van der Waals surface area contributed by atoms with Crippen molar-refractivity contribution < 1.29 is 19.0 Å². The molecule has 2 aromatic rings. The fourth-order valence-electron chi connectivity index (χ4n) is 3.11. The SMILES string of the molecule is CCCN1C(=O)/C(=N/N=C\c2c(OC)cc(OC)cc2OC)c2ccccc21. The van der Waals surface area contributed by atoms with Gasteiger partial charge in [0.25, 0.3) is 5.91 Å². The standard InChI is InChI=1S/C21H23N3O4/c1-5-10-24-17-9-7-6-8-15(17)20(21(24)25)23-22-13-16-18(27-3)11-14(26-2)12-19(16)28-4/h6-9,11-13H,5,10H2,1-4H3/b22-13-,23-20+. The topological polar surface area (TPSA) is 72.7 Å². The monoisotopic (exact) mass is 381 g/mol. The minimum Gasteiger partial charge on any atom is -0.496 e. The van der Waals surface area contributed by atoms with Gasteiger partial charge in [0.2, 0.25) is 0 Å². The number of benzene rings is 2. The maximum atomic E-state index is 12.8. The van der Waals surface area contributed by atoms with Crippen LogP contribution in [0.2, 0.25) is 0 Å². The Hall–Kier alpha value is -3.35. The molecule has 0 fully saturated rings. The number of hydrogen-bond donors (Lipinski definition) is 0. The average Bonchev–Trinajstić information content (AvgIpc) is 2.99. The first kappa shape index (κ1) is 19.4. The molecule has 28 heavy (non-hydrogen) atoms. The summed E-state index contributed by atoms with van der Waals surface area (Å²) in [5.74, 6) is 1.53. The quantitative estimate of drug-likeness (QED) is 0.545. The Morgan fingerprint density at radius 3 is 2.32 bits per heavy atom. The van der Waals surface area contributed by atoms with E-state index in [-0.39, 0.29) is 5.91 Å². The zero-order valence-electron chi connectivity index (χ0n) is 16.4. The van der Waals surface area contributed by atoms with Gasteiger partial charge in [0.05, 0.1) is 38.8 Å². The first-order valence-corrected chi connectivity index (χ1v) is 8.96. The number of nitrogens with zero attached hydrogens (tertiary/aromatic N) is 3. The van der Waals surface area contributed by atoms with E-state index in [4.69, 9.17) is 14.2 Å². The van der Waals surface area contributed by atoms with E-state index < -0.39 is 0 Å². The molecule has 0 N–H and O–H groups in total. The van der Waals surface area contributed by atoms with E-state index in [1.807, 2.05) is 31.2 Å². The van der Waals surface area contributed by atoms with Gasteiger partial charge in [-0.15, -0.1) is 5.10 Å². The van der Waals surface area contributed by atoms with Gasteiger partial charge in [-0.1, -0.05) is 25.1 Å². The molecule has 1 aliphatic heterocycles. The van der Waals surface area contributed by atoms with Crippen LogP contribution in [-0.4, -0.2) is 45.7 Å². The predicted octanol–water partition coefficient (Wildman–Crippen LogP) is 3.29. The molecule has 3 rings (SSSR count). The van der Waals surface area contributed by atoms with Gasteiger partial charge in [-0.2, -0.15) is 5.10 Å². The molecule has 0 saturated carbocycles. The van der Waals surface area contributed by atoms with Crippen molar-refractivity contribution in [3.05, 3.63) is 47.5 Å². The minimum atomic E-state index is -0.145. The Bertz CT molecular complexity index is 912. The second-order valence-corrected chi connectivity index (χ2v) is 6.11. The van der Waals surface area contributed by atoms with Crippen LogP contribution in [0.4, 0.5) is 5.69 Å². The smallest absolute Gasteiger partial charge is 0.279 e. The first-order valence-electron chi connectivity index (χ1n) is 8.96. The molecule has 2 aromatic carbocycles. The molecule has 0 aromatic heterocycles. The summed E-state index contributed by atoms with van der Waals surface area (Å²) >= 11 is 0. The van der Waals surface area contributed by atoms with Gasteiger partial charge >= 0.3 is 0 Å². The molecule has 1 amide bonds. The summed E-state index contributed by atoms with van der Waals surface area (Å²) in [5, 5.41) is 8.37. The van der Waals surface area contributed by atoms with Gasteiger partial charge in [-0.3, -0.25) is 4.79 Å². The summed E-state index contributed by atoms with van der Waals surface area (Å²) in [7, 11) is 4.67. The summed E-state index contributed by atoms with van der Waals surface area (Å²) in [6.07, 6.45) is 2.37. The highest BCUT2D eigenvalue weighted by Crippen LogP contribution is 2.33. The number of para-hydroxylation sites is 1. The number of carbonyl (C=O) groups is 1. The molecule has 0 radical (unpaired) electrons. The van der Waals surface area contributed by atoms with Crippen molar-refractivity contribution >= 4 is 23.5 Å². The molecular weight excluding hydrogens is 358 g/mol. The number of hydrogen-bond acceptors (Lipinski definition) is 6. The van der Waals surface area contributed by atoms with Crippen LogP contribution in [0.1, 0.15) is 24.5 Å². The van der Waals surface area contributed by atoms with E-state index >= 15 is 0 Å². The molecule has 1 aliphatic rings. The number of ether oxygens (including phenoxy) is 3. The lowest BCUT2D eigenvalue weighted by Crippen LogP contribution is -2.30. The van der Waals surface area contributed by atoms with Crippen molar-refractivity contribution in [3.8, 4) is 17.2 Å². The first-order chi connectivity index (χ1) is 13.6. The lowest BCUT2D eigenvalue weighted by molar-refractivity contribution is -0.112. The Morgan fingerprint density at radius 2 is 1.71 bits per heavy atom. The van der Waals surface area contributed by atoms with Crippen LogP contribution in [0.25, 0.3) is 0 Å². The third-order valence-corrected chi connectivity index (χ3v) is 4.44. The molecule has 7 nitrogen and oxygen atoms in total. The fraction of sp³-hybridized carbons (Fsp3) is 0.286. The summed E-state index contributed by atoms with van der Waals surface area (Å²) < 4.78 is 16.1. The normalized spacial score (nSPS) is 14.6. The van der Waals surface area contributed by atoms with Crippen LogP contribution >= 0.6 is 0 Å². The number of fused-ring (bicyclic) bond motifs is 1. The Labute approximate surface area is 164 Å². The minimum absolute atomic E-state index is 0.145. The number of anilines is 1. The van der Waals surface area contributed by atoms with Gasteiger partial charge in [0.1, 0.15) is 17.2 Å². The third-order valence-electron chi connectivity index (χ3n) is 4.44. The van der Waals surface area contributed by atoms with Crippen molar-refractivity contribution in [3.63, 3.8) is 0 Å². The van der Waals surface area contributed by atoms with Gasteiger partial charge in [-0.25, -0.2) is 0 Å². The molecule has 0 bridgehead atoms. The average molecular weight is 381 g/mol. The third kappa shape index (κ3) is 3.55. The largest absolute Gasteiger partial charge is 0.496 e.